The second-order valence-corrected chi connectivity index (χ2v) is 2.04. The van der Waals surface area contributed by atoms with E-state index >= 15 is 0 Å². The molecule has 0 aromatic carbocycles. The maximum atomic E-state index is 9.97. The number of aliphatic hydroxyl groups is 1. The van der Waals surface area contributed by atoms with Gasteiger partial charge in [0.1, 0.15) is 0 Å². The number of aliphatic hydroxyl groups excluding tert-OH is 1. The van der Waals surface area contributed by atoms with E-state index < -0.39 is 5.97 Å². The van der Waals surface area contributed by atoms with Gasteiger partial charge in [0.25, 0.3) is 0 Å². The fourth-order valence-corrected chi connectivity index (χ4v) is 0.576. The molecule has 66 valence electrons. The maximum Gasteiger partial charge on any atom is 0.317 e. The number of rotatable bonds is 7. The summed E-state index contributed by atoms with van der Waals surface area (Å²) in [5, 5.41) is 22.1. The third-order valence-electron chi connectivity index (χ3n) is 1.04. The fourth-order valence-electron chi connectivity index (χ4n) is 0.576. The van der Waals surface area contributed by atoms with Gasteiger partial charge in [0.15, 0.2) is 0 Å². The van der Waals surface area contributed by atoms with Crippen LogP contribution in [0.3, 0.4) is 0 Å². The van der Waals surface area contributed by atoms with Crippen LogP contribution in [0.5, 0.6) is 0 Å². The Morgan fingerprint density at radius 1 is 1.18 bits per heavy atom. The second kappa shape index (κ2) is 7.46. The average Bonchev–Trinajstić information content (AvgIpc) is 1.96. The first-order valence-corrected chi connectivity index (χ1v) is 3.51. The summed E-state index contributed by atoms with van der Waals surface area (Å²) in [6, 6.07) is 0. The highest BCUT2D eigenvalue weighted by molar-refractivity contribution is 5.68. The van der Waals surface area contributed by atoms with Crippen LogP contribution in [-0.2, 0) is 4.79 Å². The number of nitrogens with one attached hydrogen (secondary N) is 2. The summed E-state index contributed by atoms with van der Waals surface area (Å²) in [5.41, 5.74) is 0. The van der Waals surface area contributed by atoms with Crippen LogP contribution in [0, 0.1) is 0 Å². The first kappa shape index (κ1) is 10.3. The number of hydrogen-bond acceptors (Lipinski definition) is 4. The summed E-state index contributed by atoms with van der Waals surface area (Å²) in [7, 11) is 0. The van der Waals surface area contributed by atoms with E-state index in [2.05, 4.69) is 10.6 Å². The Bertz CT molecular complexity index is 108. The number of aliphatic carboxylic acids is 1. The summed E-state index contributed by atoms with van der Waals surface area (Å²) in [6.07, 6.45) is 0. The number of carboxylic acid groups (broad SMARTS) is 1. The Balaban J connectivity index is 2.85. The zero-order valence-corrected chi connectivity index (χ0v) is 6.34. The van der Waals surface area contributed by atoms with Crippen molar-refractivity contribution in [3.05, 3.63) is 0 Å². The van der Waals surface area contributed by atoms with E-state index in [1.807, 2.05) is 0 Å². The molecule has 11 heavy (non-hydrogen) atoms. The molecule has 5 nitrogen and oxygen atoms in total. The number of carboxylic acids is 1. The Kier molecular flexibility index (Phi) is 7.02. The number of carbonyl (C=O) groups is 1. The lowest BCUT2D eigenvalue weighted by molar-refractivity contribution is -0.135. The van der Waals surface area contributed by atoms with Crippen LogP contribution < -0.4 is 10.6 Å². The molecule has 0 saturated heterocycles. The van der Waals surface area contributed by atoms with Gasteiger partial charge in [-0.25, -0.2) is 0 Å². The van der Waals surface area contributed by atoms with Gasteiger partial charge in [0.05, 0.1) is 13.2 Å². The zero-order chi connectivity index (χ0) is 8.53. The number of hydrogen-bond donors (Lipinski definition) is 4. The summed E-state index contributed by atoms with van der Waals surface area (Å²) in [4.78, 5) is 9.97. The van der Waals surface area contributed by atoms with Crippen LogP contribution in [0.15, 0.2) is 0 Å². The van der Waals surface area contributed by atoms with Gasteiger partial charge in [0, 0.05) is 19.6 Å². The molecule has 0 heterocycles. The van der Waals surface area contributed by atoms with Crippen LogP contribution in [0.4, 0.5) is 0 Å². The molecule has 0 saturated carbocycles. The maximum absolute atomic E-state index is 9.97. The Labute approximate surface area is 65.4 Å². The van der Waals surface area contributed by atoms with Crippen molar-refractivity contribution in [2.75, 3.05) is 32.8 Å². The van der Waals surface area contributed by atoms with E-state index in [-0.39, 0.29) is 13.2 Å². The largest absolute Gasteiger partial charge is 0.480 e. The highest BCUT2D eigenvalue weighted by Crippen LogP contribution is 1.61. The minimum atomic E-state index is -0.854. The average molecular weight is 162 g/mol. The molecule has 0 amide bonds. The van der Waals surface area contributed by atoms with Crippen molar-refractivity contribution < 1.29 is 15.0 Å². The highest BCUT2D eigenvalue weighted by Gasteiger charge is 1.92. The van der Waals surface area contributed by atoms with Crippen LogP contribution in [0.2, 0.25) is 0 Å². The van der Waals surface area contributed by atoms with Gasteiger partial charge in [0.2, 0.25) is 0 Å². The van der Waals surface area contributed by atoms with Crippen LogP contribution in [0.25, 0.3) is 0 Å². The van der Waals surface area contributed by atoms with Gasteiger partial charge in [-0.3, -0.25) is 4.79 Å². The summed E-state index contributed by atoms with van der Waals surface area (Å²) < 4.78 is 0. The summed E-state index contributed by atoms with van der Waals surface area (Å²) in [6.45, 7) is 1.93. The SMILES string of the molecule is O=C(O)CNCCNCCO. The van der Waals surface area contributed by atoms with Gasteiger partial charge < -0.3 is 20.8 Å². The van der Waals surface area contributed by atoms with E-state index in [0.717, 1.165) is 0 Å². The van der Waals surface area contributed by atoms with Crippen molar-refractivity contribution in [2.24, 2.45) is 0 Å². The van der Waals surface area contributed by atoms with Crippen LogP contribution in [-0.4, -0.2) is 49.0 Å². The standard InChI is InChI=1S/C6H14N2O3/c9-4-3-7-1-2-8-5-6(10)11/h7-9H,1-5H2,(H,10,11). The molecule has 0 rings (SSSR count). The second-order valence-electron chi connectivity index (χ2n) is 2.04. The molecule has 0 aromatic heterocycles. The smallest absolute Gasteiger partial charge is 0.317 e. The Morgan fingerprint density at radius 3 is 2.36 bits per heavy atom. The van der Waals surface area contributed by atoms with Crippen LogP contribution in [0.1, 0.15) is 0 Å². The zero-order valence-electron chi connectivity index (χ0n) is 6.34. The third kappa shape index (κ3) is 9.35. The molecule has 0 aliphatic rings. The molecule has 0 atom stereocenters. The minimum Gasteiger partial charge on any atom is -0.480 e. The highest BCUT2D eigenvalue weighted by atomic mass is 16.4. The molecule has 0 aliphatic heterocycles. The lowest BCUT2D eigenvalue weighted by atomic mass is 10.5. The van der Waals surface area contributed by atoms with Crippen molar-refractivity contribution in [2.45, 2.75) is 0 Å². The molecule has 0 aromatic rings. The van der Waals surface area contributed by atoms with Gasteiger partial charge >= 0.3 is 5.97 Å². The molecular formula is C6H14N2O3. The normalized spacial score (nSPS) is 9.91. The Hall–Kier alpha value is -0.650. The van der Waals surface area contributed by atoms with Crippen molar-refractivity contribution in [1.82, 2.24) is 10.6 Å². The third-order valence-corrected chi connectivity index (χ3v) is 1.04. The quantitative estimate of drug-likeness (QED) is 0.333. The van der Waals surface area contributed by atoms with Crippen LogP contribution >= 0.6 is 0 Å². The predicted molar refractivity (Wildman–Crippen MR) is 40.5 cm³/mol. The van der Waals surface area contributed by atoms with E-state index in [4.69, 9.17) is 10.2 Å². The lowest BCUT2D eigenvalue weighted by Gasteiger charge is -2.02. The van der Waals surface area contributed by atoms with Crippen molar-refractivity contribution in [3.8, 4) is 0 Å². The molecule has 0 radical (unpaired) electrons. The lowest BCUT2D eigenvalue weighted by Crippen LogP contribution is -2.31. The predicted octanol–water partition coefficient (Wildman–Crippen LogP) is -1.76. The monoisotopic (exact) mass is 162 g/mol. The van der Waals surface area contributed by atoms with Gasteiger partial charge in [-0.15, -0.1) is 0 Å². The molecular weight excluding hydrogens is 148 g/mol. The summed E-state index contributed by atoms with van der Waals surface area (Å²) in [5.74, 6) is -0.854. The molecule has 0 bridgehead atoms. The van der Waals surface area contributed by atoms with Gasteiger partial charge in [-0.05, 0) is 0 Å². The van der Waals surface area contributed by atoms with Gasteiger partial charge in [-0.1, -0.05) is 0 Å². The molecule has 5 heteroatoms. The van der Waals surface area contributed by atoms with Crippen molar-refractivity contribution in [3.63, 3.8) is 0 Å². The first-order valence-electron chi connectivity index (χ1n) is 3.51. The Morgan fingerprint density at radius 2 is 1.82 bits per heavy atom. The van der Waals surface area contributed by atoms with E-state index in [9.17, 15) is 4.79 Å². The summed E-state index contributed by atoms with van der Waals surface area (Å²) >= 11 is 0. The van der Waals surface area contributed by atoms with Crippen molar-refractivity contribution in [1.29, 1.82) is 0 Å². The van der Waals surface area contributed by atoms with E-state index in [0.29, 0.717) is 19.6 Å². The first-order chi connectivity index (χ1) is 5.27. The van der Waals surface area contributed by atoms with Crippen molar-refractivity contribution >= 4 is 5.97 Å². The van der Waals surface area contributed by atoms with Gasteiger partial charge in [-0.2, -0.15) is 0 Å². The topological polar surface area (TPSA) is 81.6 Å². The molecule has 0 aliphatic carbocycles. The molecule has 4 N–H and O–H groups in total. The minimum absolute atomic E-state index is 0.0131. The van der Waals surface area contributed by atoms with E-state index in [1.165, 1.54) is 0 Å². The van der Waals surface area contributed by atoms with E-state index in [1.54, 1.807) is 0 Å². The fraction of sp³-hybridized carbons (Fsp3) is 0.833. The molecule has 0 spiro atoms. The molecule has 0 fully saturated rings. The molecule has 0 unspecified atom stereocenters.